The van der Waals surface area contributed by atoms with E-state index in [9.17, 15) is 8.42 Å². The van der Waals surface area contributed by atoms with Crippen LogP contribution in [0.3, 0.4) is 0 Å². The van der Waals surface area contributed by atoms with Crippen molar-refractivity contribution in [1.29, 1.82) is 0 Å². The highest BCUT2D eigenvalue weighted by atomic mass is 35.5. The lowest BCUT2D eigenvalue weighted by Gasteiger charge is -2.13. The van der Waals surface area contributed by atoms with Gasteiger partial charge in [-0.1, -0.05) is 47.5 Å². The minimum absolute atomic E-state index is 0.186. The van der Waals surface area contributed by atoms with Crippen LogP contribution in [-0.2, 0) is 16.6 Å². The fourth-order valence-electron chi connectivity index (χ4n) is 1.83. The molecule has 0 saturated heterocycles. The van der Waals surface area contributed by atoms with Gasteiger partial charge in [0.05, 0.1) is 15.7 Å². The van der Waals surface area contributed by atoms with Crippen molar-refractivity contribution in [3.63, 3.8) is 0 Å². The van der Waals surface area contributed by atoms with Crippen LogP contribution < -0.4 is 10.0 Å². The number of halogens is 2. The molecule has 2 N–H and O–H groups in total. The molecule has 4 nitrogen and oxygen atoms in total. The third kappa shape index (κ3) is 3.68. The molecule has 0 aliphatic rings. The number of rotatable bonds is 5. The summed E-state index contributed by atoms with van der Waals surface area (Å²) in [6.07, 6.45) is 0. The fourth-order valence-corrected chi connectivity index (χ4v) is 3.13. The van der Waals surface area contributed by atoms with Crippen LogP contribution in [0.2, 0.25) is 10.0 Å². The Balaban J connectivity index is 2.27. The van der Waals surface area contributed by atoms with E-state index in [0.717, 1.165) is 5.56 Å². The minimum atomic E-state index is -3.52. The first kappa shape index (κ1) is 16.1. The normalized spacial score (nSPS) is 11.4. The van der Waals surface area contributed by atoms with Gasteiger partial charge in [-0.3, -0.25) is 0 Å². The van der Waals surface area contributed by atoms with E-state index in [0.29, 0.717) is 22.3 Å². The summed E-state index contributed by atoms with van der Waals surface area (Å²) in [4.78, 5) is 0.186. The summed E-state index contributed by atoms with van der Waals surface area (Å²) in [7, 11) is -2.15. The number of benzene rings is 2. The average Bonchev–Trinajstić information content (AvgIpc) is 2.49. The number of sulfonamides is 1. The van der Waals surface area contributed by atoms with E-state index in [1.165, 1.54) is 13.1 Å². The van der Waals surface area contributed by atoms with Gasteiger partial charge in [0.2, 0.25) is 10.0 Å². The van der Waals surface area contributed by atoms with Gasteiger partial charge in [-0.2, -0.15) is 0 Å². The maximum atomic E-state index is 12.0. The predicted molar refractivity (Wildman–Crippen MR) is 86.5 cm³/mol. The van der Waals surface area contributed by atoms with Crippen molar-refractivity contribution in [2.24, 2.45) is 0 Å². The van der Waals surface area contributed by atoms with Crippen molar-refractivity contribution in [1.82, 2.24) is 4.72 Å². The van der Waals surface area contributed by atoms with Crippen LogP contribution in [0.1, 0.15) is 5.56 Å². The van der Waals surface area contributed by atoms with E-state index in [1.807, 2.05) is 6.07 Å². The Labute approximate surface area is 134 Å². The van der Waals surface area contributed by atoms with E-state index in [-0.39, 0.29) is 4.90 Å². The Morgan fingerprint density at radius 2 is 1.76 bits per heavy atom. The van der Waals surface area contributed by atoms with Gasteiger partial charge in [0.25, 0.3) is 0 Å². The third-order valence-corrected chi connectivity index (χ3v) is 5.28. The number of anilines is 1. The summed E-state index contributed by atoms with van der Waals surface area (Å²) < 4.78 is 26.2. The zero-order chi connectivity index (χ0) is 15.5. The lowest BCUT2D eigenvalue weighted by atomic mass is 10.2. The second-order valence-corrected chi connectivity index (χ2v) is 6.91. The molecule has 2 rings (SSSR count). The van der Waals surface area contributed by atoms with Crippen LogP contribution in [-0.4, -0.2) is 15.5 Å². The van der Waals surface area contributed by atoms with Crippen molar-refractivity contribution in [2.45, 2.75) is 11.4 Å². The van der Waals surface area contributed by atoms with Crippen molar-refractivity contribution in [3.8, 4) is 0 Å². The molecular weight excluding hydrogens is 331 g/mol. The minimum Gasteiger partial charge on any atom is -0.380 e. The van der Waals surface area contributed by atoms with Crippen LogP contribution in [0.5, 0.6) is 0 Å². The van der Waals surface area contributed by atoms with Gasteiger partial charge in [0.15, 0.2) is 0 Å². The molecule has 0 heterocycles. The Hall–Kier alpha value is -1.27. The molecule has 2 aromatic rings. The van der Waals surface area contributed by atoms with Crippen LogP contribution in [0, 0.1) is 0 Å². The van der Waals surface area contributed by atoms with Gasteiger partial charge in [0, 0.05) is 6.54 Å². The fraction of sp³-hybridized carbons (Fsp3) is 0.143. The summed E-state index contributed by atoms with van der Waals surface area (Å²) >= 11 is 12.1. The summed E-state index contributed by atoms with van der Waals surface area (Å²) in [6.45, 7) is 0.371. The molecule has 0 aliphatic carbocycles. The van der Waals surface area contributed by atoms with E-state index in [4.69, 9.17) is 23.2 Å². The zero-order valence-electron chi connectivity index (χ0n) is 11.2. The highest BCUT2D eigenvalue weighted by Gasteiger charge is 2.16. The van der Waals surface area contributed by atoms with Crippen LogP contribution in [0.4, 0.5) is 5.69 Å². The van der Waals surface area contributed by atoms with Crippen molar-refractivity contribution < 1.29 is 8.42 Å². The molecule has 0 aromatic heterocycles. The van der Waals surface area contributed by atoms with Gasteiger partial charge >= 0.3 is 0 Å². The molecule has 0 aliphatic heterocycles. The first-order valence-corrected chi connectivity index (χ1v) is 8.39. The molecule has 112 valence electrons. The maximum Gasteiger partial charge on any atom is 0.242 e. The first-order valence-electron chi connectivity index (χ1n) is 6.15. The van der Waals surface area contributed by atoms with Crippen molar-refractivity contribution in [2.75, 3.05) is 12.4 Å². The molecule has 0 unspecified atom stereocenters. The number of para-hydroxylation sites is 1. The molecule has 0 fully saturated rings. The molecule has 7 heteroatoms. The summed E-state index contributed by atoms with van der Waals surface area (Å²) in [5.74, 6) is 0. The van der Waals surface area contributed by atoms with Crippen molar-refractivity contribution >= 4 is 38.9 Å². The lowest BCUT2D eigenvalue weighted by molar-refractivity contribution is 0.588. The summed E-state index contributed by atoms with van der Waals surface area (Å²) in [5, 5.41) is 4.00. The Morgan fingerprint density at radius 3 is 2.48 bits per heavy atom. The third-order valence-electron chi connectivity index (χ3n) is 2.95. The SMILES string of the molecule is CNS(=O)(=O)c1ccccc1NCc1cccc(Cl)c1Cl. The van der Waals surface area contributed by atoms with Gasteiger partial charge in [-0.25, -0.2) is 13.1 Å². The molecule has 0 amide bonds. The van der Waals surface area contributed by atoms with Crippen LogP contribution >= 0.6 is 23.2 Å². The molecular formula is C14H14Cl2N2O2S. The van der Waals surface area contributed by atoms with E-state index in [1.54, 1.807) is 30.3 Å². The molecule has 0 atom stereocenters. The quantitative estimate of drug-likeness (QED) is 0.872. The van der Waals surface area contributed by atoms with Crippen molar-refractivity contribution in [3.05, 3.63) is 58.1 Å². The average molecular weight is 345 g/mol. The second kappa shape index (κ2) is 6.66. The monoisotopic (exact) mass is 344 g/mol. The summed E-state index contributed by atoms with van der Waals surface area (Å²) in [5.41, 5.74) is 1.30. The molecule has 21 heavy (non-hydrogen) atoms. The van der Waals surface area contributed by atoms with Gasteiger partial charge in [0.1, 0.15) is 4.90 Å². The van der Waals surface area contributed by atoms with E-state index >= 15 is 0 Å². The van der Waals surface area contributed by atoms with Crippen LogP contribution in [0.15, 0.2) is 47.4 Å². The number of hydrogen-bond acceptors (Lipinski definition) is 3. The highest BCUT2D eigenvalue weighted by molar-refractivity contribution is 7.89. The standard InChI is InChI=1S/C14H14Cl2N2O2S/c1-17-21(19,20)13-8-3-2-7-12(13)18-9-10-5-4-6-11(15)14(10)16/h2-8,17-18H,9H2,1H3. The molecule has 0 spiro atoms. The van der Waals surface area contributed by atoms with E-state index < -0.39 is 10.0 Å². The highest BCUT2D eigenvalue weighted by Crippen LogP contribution is 2.27. The maximum absolute atomic E-state index is 12.0. The summed E-state index contributed by atoms with van der Waals surface area (Å²) in [6, 6.07) is 12.0. The topological polar surface area (TPSA) is 58.2 Å². The number of nitrogens with one attached hydrogen (secondary N) is 2. The molecule has 0 saturated carbocycles. The lowest BCUT2D eigenvalue weighted by Crippen LogP contribution is -2.20. The molecule has 0 radical (unpaired) electrons. The predicted octanol–water partition coefficient (Wildman–Crippen LogP) is 3.51. The Morgan fingerprint density at radius 1 is 1.05 bits per heavy atom. The van der Waals surface area contributed by atoms with Gasteiger partial charge in [-0.15, -0.1) is 0 Å². The Kier molecular flexibility index (Phi) is 5.11. The van der Waals surface area contributed by atoms with Gasteiger partial charge in [-0.05, 0) is 30.8 Å². The molecule has 0 bridgehead atoms. The Bertz CT molecular complexity index is 748. The second-order valence-electron chi connectivity index (χ2n) is 4.27. The first-order chi connectivity index (χ1) is 9.95. The molecule has 2 aromatic carbocycles. The van der Waals surface area contributed by atoms with Crippen LogP contribution in [0.25, 0.3) is 0 Å². The number of hydrogen-bond donors (Lipinski definition) is 2. The zero-order valence-corrected chi connectivity index (χ0v) is 13.6. The van der Waals surface area contributed by atoms with Gasteiger partial charge < -0.3 is 5.32 Å². The smallest absolute Gasteiger partial charge is 0.242 e. The largest absolute Gasteiger partial charge is 0.380 e. The van der Waals surface area contributed by atoms with E-state index in [2.05, 4.69) is 10.0 Å².